The van der Waals surface area contributed by atoms with Crippen molar-refractivity contribution in [1.29, 1.82) is 0 Å². The SMILES string of the molecule is CC1CN(c2cc(Cl)nc3ncnn23)CCC1O. The molecule has 0 saturated carbocycles. The minimum absolute atomic E-state index is 0.226. The van der Waals surface area contributed by atoms with E-state index >= 15 is 0 Å². The standard InChI is InChI=1S/C11H14ClN5O/c1-7-5-16(3-2-8(7)18)10-4-9(12)15-11-13-6-14-17(10)11/h4,6-8,18H,2-3,5H2,1H3. The molecule has 0 radical (unpaired) electrons. The Morgan fingerprint density at radius 3 is 3.11 bits per heavy atom. The minimum atomic E-state index is -0.232. The molecule has 96 valence electrons. The van der Waals surface area contributed by atoms with Gasteiger partial charge in [0.25, 0.3) is 5.78 Å². The van der Waals surface area contributed by atoms with Gasteiger partial charge in [0.2, 0.25) is 0 Å². The third kappa shape index (κ3) is 1.91. The van der Waals surface area contributed by atoms with E-state index in [1.165, 1.54) is 6.33 Å². The predicted octanol–water partition coefficient (Wildman–Crippen LogP) is 0.985. The summed E-state index contributed by atoms with van der Waals surface area (Å²) < 4.78 is 1.68. The number of piperidine rings is 1. The second kappa shape index (κ2) is 4.37. The van der Waals surface area contributed by atoms with Crippen LogP contribution in [-0.2, 0) is 0 Å². The number of rotatable bonds is 1. The highest BCUT2D eigenvalue weighted by atomic mass is 35.5. The Bertz CT molecular complexity index is 572. The molecule has 2 aromatic rings. The summed E-state index contributed by atoms with van der Waals surface area (Å²) in [6.07, 6.45) is 1.98. The average molecular weight is 268 g/mol. The molecule has 1 fully saturated rings. The van der Waals surface area contributed by atoms with Crippen molar-refractivity contribution < 1.29 is 5.11 Å². The van der Waals surface area contributed by atoms with Gasteiger partial charge in [0.15, 0.2) is 0 Å². The van der Waals surface area contributed by atoms with Gasteiger partial charge in [-0.15, -0.1) is 0 Å². The van der Waals surface area contributed by atoms with Crippen LogP contribution in [0.15, 0.2) is 12.4 Å². The van der Waals surface area contributed by atoms with E-state index in [0.29, 0.717) is 10.9 Å². The second-order valence-corrected chi connectivity index (χ2v) is 5.08. The summed E-state index contributed by atoms with van der Waals surface area (Å²) in [5, 5.41) is 14.3. The van der Waals surface area contributed by atoms with Crippen LogP contribution in [0.2, 0.25) is 5.15 Å². The molecular formula is C11H14ClN5O. The molecule has 2 unspecified atom stereocenters. The first-order valence-electron chi connectivity index (χ1n) is 5.94. The monoisotopic (exact) mass is 267 g/mol. The fourth-order valence-electron chi connectivity index (χ4n) is 2.34. The molecule has 0 aliphatic carbocycles. The molecule has 3 heterocycles. The molecule has 2 aromatic heterocycles. The fraction of sp³-hybridized carbons (Fsp3) is 0.545. The number of aliphatic hydroxyl groups excluding tert-OH is 1. The first kappa shape index (κ1) is 11.7. The summed E-state index contributed by atoms with van der Waals surface area (Å²) in [5.74, 6) is 1.60. The third-order valence-electron chi connectivity index (χ3n) is 3.39. The molecule has 3 rings (SSSR count). The van der Waals surface area contributed by atoms with Gasteiger partial charge in [-0.25, -0.2) is 0 Å². The van der Waals surface area contributed by atoms with Crippen LogP contribution < -0.4 is 4.90 Å². The zero-order chi connectivity index (χ0) is 12.7. The summed E-state index contributed by atoms with van der Waals surface area (Å²) in [6.45, 7) is 3.59. The Kier molecular flexibility index (Phi) is 2.83. The summed E-state index contributed by atoms with van der Waals surface area (Å²) in [7, 11) is 0. The van der Waals surface area contributed by atoms with E-state index < -0.39 is 0 Å². The molecule has 1 aliphatic rings. The molecule has 2 atom stereocenters. The van der Waals surface area contributed by atoms with E-state index in [-0.39, 0.29) is 12.0 Å². The number of anilines is 1. The van der Waals surface area contributed by atoms with Crippen molar-refractivity contribution in [2.75, 3.05) is 18.0 Å². The minimum Gasteiger partial charge on any atom is -0.393 e. The summed E-state index contributed by atoms with van der Waals surface area (Å²) in [6, 6.07) is 1.79. The van der Waals surface area contributed by atoms with E-state index in [4.69, 9.17) is 11.6 Å². The molecular weight excluding hydrogens is 254 g/mol. The number of hydrogen-bond acceptors (Lipinski definition) is 5. The number of nitrogens with zero attached hydrogens (tertiary/aromatic N) is 5. The maximum Gasteiger partial charge on any atom is 0.255 e. The van der Waals surface area contributed by atoms with Crippen molar-refractivity contribution >= 4 is 23.2 Å². The molecule has 0 bridgehead atoms. The van der Waals surface area contributed by atoms with Crippen LogP contribution in [0.3, 0.4) is 0 Å². The maximum atomic E-state index is 9.77. The van der Waals surface area contributed by atoms with Gasteiger partial charge in [0, 0.05) is 19.2 Å². The number of aromatic nitrogens is 4. The third-order valence-corrected chi connectivity index (χ3v) is 3.58. The topological polar surface area (TPSA) is 66.6 Å². The second-order valence-electron chi connectivity index (χ2n) is 4.69. The van der Waals surface area contributed by atoms with Crippen molar-refractivity contribution in [3.8, 4) is 0 Å². The Hall–Kier alpha value is -1.40. The molecule has 1 aliphatic heterocycles. The number of aliphatic hydroxyl groups is 1. The van der Waals surface area contributed by atoms with Crippen molar-refractivity contribution in [2.24, 2.45) is 5.92 Å². The van der Waals surface area contributed by atoms with Crippen LogP contribution >= 0.6 is 11.6 Å². The van der Waals surface area contributed by atoms with Gasteiger partial charge >= 0.3 is 0 Å². The van der Waals surface area contributed by atoms with Gasteiger partial charge in [-0.05, 0) is 12.3 Å². The summed E-state index contributed by atoms with van der Waals surface area (Å²) in [4.78, 5) is 10.3. The largest absolute Gasteiger partial charge is 0.393 e. The summed E-state index contributed by atoms with van der Waals surface area (Å²) >= 11 is 6.00. The first-order chi connectivity index (χ1) is 8.65. The summed E-state index contributed by atoms with van der Waals surface area (Å²) in [5.41, 5.74) is 0. The van der Waals surface area contributed by atoms with Gasteiger partial charge in [0.05, 0.1) is 6.10 Å². The Balaban J connectivity index is 2.01. The zero-order valence-corrected chi connectivity index (χ0v) is 10.7. The van der Waals surface area contributed by atoms with E-state index in [1.54, 1.807) is 10.6 Å². The van der Waals surface area contributed by atoms with Crippen LogP contribution in [0, 0.1) is 5.92 Å². The Morgan fingerprint density at radius 2 is 2.33 bits per heavy atom. The van der Waals surface area contributed by atoms with Crippen LogP contribution in [0.4, 0.5) is 5.82 Å². The normalized spacial score (nSPS) is 24.7. The lowest BCUT2D eigenvalue weighted by molar-refractivity contribution is 0.0967. The van der Waals surface area contributed by atoms with Crippen LogP contribution in [0.5, 0.6) is 0 Å². The molecule has 18 heavy (non-hydrogen) atoms. The number of hydrogen-bond donors (Lipinski definition) is 1. The van der Waals surface area contributed by atoms with Crippen molar-refractivity contribution in [3.63, 3.8) is 0 Å². The van der Waals surface area contributed by atoms with Crippen LogP contribution in [0.1, 0.15) is 13.3 Å². The highest BCUT2D eigenvalue weighted by Crippen LogP contribution is 2.25. The van der Waals surface area contributed by atoms with Crippen LogP contribution in [0.25, 0.3) is 5.78 Å². The van der Waals surface area contributed by atoms with Gasteiger partial charge in [-0.1, -0.05) is 18.5 Å². The van der Waals surface area contributed by atoms with Gasteiger partial charge in [-0.3, -0.25) is 0 Å². The van der Waals surface area contributed by atoms with Crippen molar-refractivity contribution in [2.45, 2.75) is 19.4 Å². The van der Waals surface area contributed by atoms with Gasteiger partial charge in [0.1, 0.15) is 17.3 Å². The fourth-order valence-corrected chi connectivity index (χ4v) is 2.51. The van der Waals surface area contributed by atoms with E-state index in [2.05, 4.69) is 20.0 Å². The zero-order valence-electron chi connectivity index (χ0n) is 9.99. The van der Waals surface area contributed by atoms with Gasteiger partial charge < -0.3 is 10.0 Å². The first-order valence-corrected chi connectivity index (χ1v) is 6.32. The molecule has 0 spiro atoms. The van der Waals surface area contributed by atoms with Crippen molar-refractivity contribution in [1.82, 2.24) is 19.6 Å². The number of halogens is 1. The molecule has 1 N–H and O–H groups in total. The van der Waals surface area contributed by atoms with Gasteiger partial charge in [-0.2, -0.15) is 19.6 Å². The van der Waals surface area contributed by atoms with E-state index in [0.717, 1.165) is 25.3 Å². The molecule has 6 nitrogen and oxygen atoms in total. The molecule has 0 amide bonds. The van der Waals surface area contributed by atoms with E-state index in [1.807, 2.05) is 6.92 Å². The lowest BCUT2D eigenvalue weighted by Gasteiger charge is -2.35. The Labute approximate surface area is 109 Å². The lowest BCUT2D eigenvalue weighted by atomic mass is 9.97. The Morgan fingerprint density at radius 1 is 1.50 bits per heavy atom. The molecule has 1 saturated heterocycles. The highest BCUT2D eigenvalue weighted by Gasteiger charge is 2.26. The van der Waals surface area contributed by atoms with E-state index in [9.17, 15) is 5.11 Å². The quantitative estimate of drug-likeness (QED) is 0.781. The maximum absolute atomic E-state index is 9.77. The smallest absolute Gasteiger partial charge is 0.255 e. The number of fused-ring (bicyclic) bond motifs is 1. The highest BCUT2D eigenvalue weighted by molar-refractivity contribution is 6.29. The molecule has 0 aromatic carbocycles. The van der Waals surface area contributed by atoms with Crippen molar-refractivity contribution in [3.05, 3.63) is 17.5 Å². The predicted molar refractivity (Wildman–Crippen MR) is 67.8 cm³/mol. The average Bonchev–Trinajstić information content (AvgIpc) is 2.79. The van der Waals surface area contributed by atoms with Crippen LogP contribution in [-0.4, -0.2) is 43.9 Å². The molecule has 7 heteroatoms. The lowest BCUT2D eigenvalue weighted by Crippen LogP contribution is -2.42.